The predicted octanol–water partition coefficient (Wildman–Crippen LogP) is 16.3. The highest BCUT2D eigenvalue weighted by atomic mass is 31.2. The quantitative estimate of drug-likeness (QED) is 0.0214. The average molecular weight is 909 g/mol. The average Bonchev–Trinajstić information content (AvgIpc) is 3.24. The first-order valence-electron chi connectivity index (χ1n) is 26.4. The molecule has 0 rings (SSSR count). The minimum absolute atomic E-state index is 0.0890. The van der Waals surface area contributed by atoms with E-state index in [1.807, 2.05) is 21.1 Å². The van der Waals surface area contributed by atoms with Crippen LogP contribution in [0.15, 0.2) is 48.6 Å². The topological polar surface area (TPSA) is 91.3 Å². The van der Waals surface area contributed by atoms with Crippen LogP contribution in [0.1, 0.15) is 232 Å². The first-order valence-corrected chi connectivity index (χ1v) is 27.9. The van der Waals surface area contributed by atoms with E-state index in [9.17, 15) is 14.3 Å². The molecule has 0 bridgehead atoms. The number of carbonyl (C=O) groups is 1. The van der Waals surface area contributed by atoms with E-state index in [0.29, 0.717) is 24.1 Å². The summed E-state index contributed by atoms with van der Waals surface area (Å²) in [4.78, 5) is 23.0. The Labute approximate surface area is 390 Å². The standard InChI is InChI=1S/C54H102NO7P/c1-6-8-10-12-14-16-18-20-22-24-25-26-27-28-29-30-31-32-33-35-37-39-41-43-45-47-54(56)62-53(52-61-63(57,58)60-50-48-55(3,4)5)51-59-49-46-44-42-40-38-36-34-23-21-19-17-15-13-11-9-7-2/h8,10,14,16,20,22,25-26,53H,6-7,9,11-13,15,17-19,21,23-24,27-52H2,1-5H3/p+1/b10-8-,16-14-,22-20-,26-25-. The minimum Gasteiger partial charge on any atom is -0.457 e. The number of hydrogen-bond donors (Lipinski definition) is 1. The van der Waals surface area contributed by atoms with Gasteiger partial charge in [0.1, 0.15) is 19.3 Å². The van der Waals surface area contributed by atoms with Crippen LogP contribution in [0, 0.1) is 0 Å². The monoisotopic (exact) mass is 909 g/mol. The maximum absolute atomic E-state index is 12.8. The molecule has 0 aliphatic rings. The second kappa shape index (κ2) is 47.0. The van der Waals surface area contributed by atoms with Crippen LogP contribution in [-0.2, 0) is 27.9 Å². The van der Waals surface area contributed by atoms with Gasteiger partial charge in [-0.2, -0.15) is 0 Å². The molecular formula is C54H103NO7P+. The van der Waals surface area contributed by atoms with Crippen LogP contribution in [0.2, 0.25) is 0 Å². The second-order valence-electron chi connectivity index (χ2n) is 18.9. The van der Waals surface area contributed by atoms with Crippen molar-refractivity contribution in [2.45, 2.75) is 238 Å². The third kappa shape index (κ3) is 51.3. The summed E-state index contributed by atoms with van der Waals surface area (Å²) in [6.07, 6.45) is 58.7. The summed E-state index contributed by atoms with van der Waals surface area (Å²) in [7, 11) is 1.67. The summed E-state index contributed by atoms with van der Waals surface area (Å²) in [6, 6.07) is 0. The summed E-state index contributed by atoms with van der Waals surface area (Å²) in [5.74, 6) is -0.313. The number of phosphoric ester groups is 1. The lowest BCUT2D eigenvalue weighted by molar-refractivity contribution is -0.870. The van der Waals surface area contributed by atoms with Gasteiger partial charge in [0.25, 0.3) is 0 Å². The van der Waals surface area contributed by atoms with E-state index in [-0.39, 0.29) is 25.8 Å². The van der Waals surface area contributed by atoms with Crippen molar-refractivity contribution in [3.8, 4) is 0 Å². The normalized spacial score (nSPS) is 13.9. The van der Waals surface area contributed by atoms with Crippen molar-refractivity contribution in [3.05, 3.63) is 48.6 Å². The van der Waals surface area contributed by atoms with Gasteiger partial charge in [0, 0.05) is 13.0 Å². The van der Waals surface area contributed by atoms with E-state index < -0.39 is 13.9 Å². The van der Waals surface area contributed by atoms with Crippen LogP contribution in [0.3, 0.4) is 0 Å². The number of allylic oxidation sites excluding steroid dienone is 8. The Morgan fingerprint density at radius 2 is 0.921 bits per heavy atom. The predicted molar refractivity (Wildman–Crippen MR) is 270 cm³/mol. The molecule has 63 heavy (non-hydrogen) atoms. The summed E-state index contributed by atoms with van der Waals surface area (Å²) in [5.41, 5.74) is 0. The van der Waals surface area contributed by atoms with Crippen LogP contribution in [0.4, 0.5) is 0 Å². The zero-order chi connectivity index (χ0) is 46.2. The highest BCUT2D eigenvalue weighted by molar-refractivity contribution is 7.47. The van der Waals surface area contributed by atoms with Gasteiger partial charge >= 0.3 is 13.8 Å². The van der Waals surface area contributed by atoms with E-state index >= 15 is 0 Å². The maximum atomic E-state index is 12.8. The largest absolute Gasteiger partial charge is 0.472 e. The molecule has 0 aliphatic carbocycles. The summed E-state index contributed by atoms with van der Waals surface area (Å²) in [5, 5.41) is 0. The molecule has 370 valence electrons. The molecule has 0 saturated carbocycles. The fourth-order valence-electron chi connectivity index (χ4n) is 7.37. The van der Waals surface area contributed by atoms with Crippen LogP contribution < -0.4 is 0 Å². The second-order valence-corrected chi connectivity index (χ2v) is 20.3. The van der Waals surface area contributed by atoms with Crippen molar-refractivity contribution in [1.29, 1.82) is 0 Å². The summed E-state index contributed by atoms with van der Waals surface area (Å²) >= 11 is 0. The van der Waals surface area contributed by atoms with Gasteiger partial charge in [0.15, 0.2) is 0 Å². The van der Waals surface area contributed by atoms with Crippen molar-refractivity contribution < 1.29 is 37.3 Å². The highest BCUT2D eigenvalue weighted by Crippen LogP contribution is 2.43. The Morgan fingerprint density at radius 3 is 1.38 bits per heavy atom. The Kier molecular flexibility index (Phi) is 45.8. The lowest BCUT2D eigenvalue weighted by Crippen LogP contribution is -2.37. The molecule has 9 heteroatoms. The van der Waals surface area contributed by atoms with E-state index in [0.717, 1.165) is 57.8 Å². The van der Waals surface area contributed by atoms with Gasteiger partial charge in [-0.15, -0.1) is 0 Å². The van der Waals surface area contributed by atoms with Crippen molar-refractivity contribution in [1.82, 2.24) is 0 Å². The van der Waals surface area contributed by atoms with E-state index in [1.54, 1.807) is 0 Å². The van der Waals surface area contributed by atoms with Gasteiger partial charge in [-0.1, -0.05) is 223 Å². The Balaban J connectivity index is 4.09. The number of ether oxygens (including phenoxy) is 2. The molecule has 0 amide bonds. The lowest BCUT2D eigenvalue weighted by atomic mass is 10.0. The van der Waals surface area contributed by atoms with Gasteiger partial charge in [-0.3, -0.25) is 13.8 Å². The van der Waals surface area contributed by atoms with Gasteiger partial charge in [0.05, 0.1) is 34.4 Å². The Morgan fingerprint density at radius 1 is 0.508 bits per heavy atom. The number of likely N-dealkylation sites (N-methyl/N-ethyl adjacent to an activating group) is 1. The Hall–Kier alpha value is -1.54. The zero-order valence-corrected chi connectivity index (χ0v) is 43.0. The minimum atomic E-state index is -4.28. The zero-order valence-electron chi connectivity index (χ0n) is 42.1. The van der Waals surface area contributed by atoms with E-state index in [4.69, 9.17) is 18.5 Å². The number of phosphoric acid groups is 1. The number of quaternary nitrogens is 1. The molecule has 0 aromatic heterocycles. The number of unbranched alkanes of at least 4 members (excludes halogenated alkanes) is 27. The maximum Gasteiger partial charge on any atom is 0.472 e. The molecule has 0 aliphatic heterocycles. The smallest absolute Gasteiger partial charge is 0.457 e. The molecular weight excluding hydrogens is 806 g/mol. The SMILES string of the molecule is CC/C=C\C/C=C\C/C=C\C/C=C\CCCCCCCCCCCCCCC(=O)OC(COCCCCCCCCCCCCCCCCCC)COP(=O)(O)OCC[N+](C)(C)C. The summed E-state index contributed by atoms with van der Waals surface area (Å²) < 4.78 is 35.2. The number of nitrogens with zero attached hydrogens (tertiary/aromatic N) is 1. The van der Waals surface area contributed by atoms with E-state index in [1.165, 1.54) is 154 Å². The van der Waals surface area contributed by atoms with Gasteiger partial charge in [-0.05, 0) is 51.4 Å². The number of esters is 1. The highest BCUT2D eigenvalue weighted by Gasteiger charge is 2.26. The lowest BCUT2D eigenvalue weighted by Gasteiger charge is -2.24. The van der Waals surface area contributed by atoms with Gasteiger partial charge in [0.2, 0.25) is 0 Å². The number of hydrogen-bond acceptors (Lipinski definition) is 6. The first kappa shape index (κ1) is 61.5. The molecule has 0 aromatic carbocycles. The van der Waals surface area contributed by atoms with Crippen LogP contribution in [0.25, 0.3) is 0 Å². The third-order valence-corrected chi connectivity index (χ3v) is 12.4. The van der Waals surface area contributed by atoms with Crippen molar-refractivity contribution in [2.75, 3.05) is 54.1 Å². The Bertz CT molecular complexity index is 1150. The molecule has 2 unspecified atom stereocenters. The molecule has 8 nitrogen and oxygen atoms in total. The van der Waals surface area contributed by atoms with Crippen LogP contribution in [0.5, 0.6) is 0 Å². The molecule has 1 N–H and O–H groups in total. The first-order chi connectivity index (χ1) is 30.6. The van der Waals surface area contributed by atoms with Crippen LogP contribution >= 0.6 is 7.82 Å². The van der Waals surface area contributed by atoms with E-state index in [2.05, 4.69) is 62.5 Å². The summed E-state index contributed by atoms with van der Waals surface area (Å²) in [6.45, 7) is 5.55. The molecule has 0 heterocycles. The van der Waals surface area contributed by atoms with Crippen LogP contribution in [-0.4, -0.2) is 75.6 Å². The van der Waals surface area contributed by atoms with Crippen molar-refractivity contribution in [2.24, 2.45) is 0 Å². The molecule has 0 radical (unpaired) electrons. The van der Waals surface area contributed by atoms with Gasteiger partial charge in [-0.25, -0.2) is 4.57 Å². The van der Waals surface area contributed by atoms with Crippen molar-refractivity contribution >= 4 is 13.8 Å². The van der Waals surface area contributed by atoms with Gasteiger partial charge < -0.3 is 18.9 Å². The molecule has 0 aromatic rings. The molecule has 0 saturated heterocycles. The molecule has 0 spiro atoms. The van der Waals surface area contributed by atoms with Crippen molar-refractivity contribution in [3.63, 3.8) is 0 Å². The third-order valence-electron chi connectivity index (χ3n) is 11.4. The number of carbonyl (C=O) groups excluding carboxylic acids is 1. The fraction of sp³-hybridized carbons (Fsp3) is 0.833. The number of rotatable bonds is 49. The fourth-order valence-corrected chi connectivity index (χ4v) is 8.11. The molecule has 2 atom stereocenters. The molecule has 0 fully saturated rings.